The Labute approximate surface area is 268 Å². The minimum Gasteiger partial charge on any atom is -0.477 e. The first-order valence-electron chi connectivity index (χ1n) is 13.5. The summed E-state index contributed by atoms with van der Waals surface area (Å²) in [5, 5.41) is 32.8. The van der Waals surface area contributed by atoms with Crippen molar-refractivity contribution >= 4 is 70.5 Å². The fraction of sp³-hybridized carbons (Fsp3) is 0.385. The Morgan fingerprint density at radius 2 is 1.87 bits per heavy atom. The predicted octanol–water partition coefficient (Wildman–Crippen LogP) is 0.125. The Hall–Kier alpha value is -4.04. The fourth-order valence-electron chi connectivity index (χ4n) is 5.05. The van der Waals surface area contributed by atoms with Crippen molar-refractivity contribution in [2.24, 2.45) is 0 Å². The van der Waals surface area contributed by atoms with Crippen molar-refractivity contribution in [3.05, 3.63) is 52.2 Å². The maximum Gasteiger partial charge on any atom is 0.352 e. The largest absolute Gasteiger partial charge is 0.477 e. The number of nitrogens with one attached hydrogen (secondary N) is 3. The molecule has 19 heteroatoms. The highest BCUT2D eigenvalue weighted by molar-refractivity contribution is 8.01. The molecular formula is C26H28N8O8S3. The van der Waals surface area contributed by atoms with Gasteiger partial charge >= 0.3 is 23.8 Å². The number of rotatable bonds is 10. The van der Waals surface area contributed by atoms with Crippen LogP contribution in [0, 0.1) is 6.92 Å². The van der Waals surface area contributed by atoms with E-state index in [0.717, 1.165) is 21.7 Å². The molecule has 0 spiro atoms. The number of carbonyl (C=O) groups is 6. The molecule has 3 aliphatic rings. The zero-order valence-corrected chi connectivity index (χ0v) is 26.3. The number of hydrogen-bond acceptors (Lipinski definition) is 13. The number of benzene rings is 1. The number of fused-ring (bicyclic) bond motifs is 1. The van der Waals surface area contributed by atoms with Gasteiger partial charge in [0.05, 0.1) is 0 Å². The number of urea groups is 1. The molecule has 4 heterocycles. The lowest BCUT2D eigenvalue weighted by Crippen LogP contribution is -2.85. The number of hydroxylamine groups is 1. The first-order chi connectivity index (χ1) is 21.5. The normalized spacial score (nSPS) is 22.2. The zero-order chi connectivity index (χ0) is 32.5. The Balaban J connectivity index is 1.36. The van der Waals surface area contributed by atoms with Gasteiger partial charge in [0.15, 0.2) is 4.34 Å². The molecule has 1 aromatic carbocycles. The van der Waals surface area contributed by atoms with Crippen molar-refractivity contribution < 1.29 is 39.1 Å². The number of piperazine rings is 1. The van der Waals surface area contributed by atoms with Crippen LogP contribution in [0.25, 0.3) is 0 Å². The van der Waals surface area contributed by atoms with Crippen LogP contribution in [0.3, 0.4) is 0 Å². The number of likely N-dealkylation sites (N-methyl/N-ethyl adjacent to an activating group) is 1. The van der Waals surface area contributed by atoms with Crippen LogP contribution < -0.4 is 16.1 Å². The minimum absolute atomic E-state index is 0.0920. The molecule has 45 heavy (non-hydrogen) atoms. The van der Waals surface area contributed by atoms with Crippen molar-refractivity contribution in [1.82, 2.24) is 41.0 Å². The molecule has 1 aromatic heterocycles. The van der Waals surface area contributed by atoms with Crippen molar-refractivity contribution in [1.29, 1.82) is 0 Å². The van der Waals surface area contributed by atoms with E-state index < -0.39 is 52.7 Å². The lowest BCUT2D eigenvalue weighted by Gasteiger charge is -2.56. The number of hydrogen-bond donors (Lipinski definition) is 5. The molecule has 0 saturated carbocycles. The number of nitrogens with zero attached hydrogens (tertiary/aromatic N) is 5. The van der Waals surface area contributed by atoms with Crippen LogP contribution in [0.15, 0.2) is 45.9 Å². The van der Waals surface area contributed by atoms with Gasteiger partial charge < -0.3 is 25.8 Å². The van der Waals surface area contributed by atoms with Gasteiger partial charge in [-0.3, -0.25) is 29.0 Å². The van der Waals surface area contributed by atoms with E-state index in [1.54, 1.807) is 32.0 Å². The van der Waals surface area contributed by atoms with Gasteiger partial charge in [-0.05, 0) is 25.0 Å². The molecule has 3 atom stereocenters. The van der Waals surface area contributed by atoms with Gasteiger partial charge in [-0.2, -0.15) is 5.48 Å². The number of thioether (sulfide) groups is 2. The maximum absolute atomic E-state index is 13.8. The first-order valence-corrected chi connectivity index (χ1v) is 16.4. The fourth-order valence-corrected chi connectivity index (χ4v) is 8.41. The summed E-state index contributed by atoms with van der Waals surface area (Å²) in [6.45, 7) is 3.81. The summed E-state index contributed by atoms with van der Waals surface area (Å²) in [5.41, 5.74) is 0.199. The average Bonchev–Trinajstić information content (AvgIpc) is 3.46. The number of carbonyl (C=O) groups excluding carboxylic acids is 5. The van der Waals surface area contributed by atoms with E-state index in [9.17, 15) is 39.1 Å². The Kier molecular flexibility index (Phi) is 9.44. The SMILES string of the molecule is CCN1CCN(C(=O)NC(C(=O)N[C@]2(NO)C(=O)N3C(C(=O)O)=C(CSc4nnc(C)s4)CS[C@@H]32)c2ccccc2)C(=O)C1=O. The van der Waals surface area contributed by atoms with E-state index in [4.69, 9.17) is 0 Å². The standard InChI is InChI=1S/C26H28N8O8S3/c1-3-32-9-10-33(20(37)19(32)36)24(41)27-16(14-7-5-4-6-8-14)18(35)28-26(31-42)22(40)34-17(21(38)39)15(11-43-23(26)34)12-44-25-30-29-13(2)45-25/h4-8,16,23,31,42H,3,9-12H2,1-2H3,(H,27,41)(H,28,35)(H,38,39)/t16?,23-,26+/m1/s1. The molecule has 2 aromatic rings. The summed E-state index contributed by atoms with van der Waals surface area (Å²) in [7, 11) is 0. The highest BCUT2D eigenvalue weighted by atomic mass is 32.2. The summed E-state index contributed by atoms with van der Waals surface area (Å²) >= 11 is 3.75. The van der Waals surface area contributed by atoms with E-state index in [1.807, 2.05) is 5.48 Å². The van der Waals surface area contributed by atoms with Crippen LogP contribution in [-0.4, -0.2) is 113 Å². The van der Waals surface area contributed by atoms with Gasteiger partial charge in [-0.1, -0.05) is 53.4 Å². The van der Waals surface area contributed by atoms with Crippen LogP contribution in [0.2, 0.25) is 0 Å². The van der Waals surface area contributed by atoms with E-state index in [-0.39, 0.29) is 42.4 Å². The number of β-lactam (4-membered cyclic amide) rings is 1. The third-order valence-corrected chi connectivity index (χ3v) is 10.8. The first kappa shape index (κ1) is 32.4. The number of amides is 6. The van der Waals surface area contributed by atoms with E-state index in [1.165, 1.54) is 40.1 Å². The second-order valence-electron chi connectivity index (χ2n) is 10.0. The van der Waals surface area contributed by atoms with E-state index in [0.29, 0.717) is 14.8 Å². The number of aromatic nitrogens is 2. The van der Waals surface area contributed by atoms with Crippen molar-refractivity contribution in [2.75, 3.05) is 31.1 Å². The van der Waals surface area contributed by atoms with Crippen molar-refractivity contribution in [2.45, 2.75) is 35.3 Å². The minimum atomic E-state index is -2.13. The summed E-state index contributed by atoms with van der Waals surface area (Å²) in [4.78, 5) is 80.8. The summed E-state index contributed by atoms with van der Waals surface area (Å²) in [5.74, 6) is -4.74. The molecule has 5 N–H and O–H groups in total. The van der Waals surface area contributed by atoms with E-state index >= 15 is 0 Å². The smallest absolute Gasteiger partial charge is 0.352 e. The third kappa shape index (κ3) is 6.00. The molecule has 0 bridgehead atoms. The van der Waals surface area contributed by atoms with Gasteiger partial charge in [-0.15, -0.1) is 22.0 Å². The second kappa shape index (κ2) is 13.1. The average molecular weight is 677 g/mol. The molecule has 1 unspecified atom stereocenters. The molecule has 2 saturated heterocycles. The lowest BCUT2D eigenvalue weighted by atomic mass is 9.94. The molecule has 238 valence electrons. The zero-order valence-electron chi connectivity index (χ0n) is 23.9. The van der Waals surface area contributed by atoms with Gasteiger partial charge in [0, 0.05) is 31.1 Å². The van der Waals surface area contributed by atoms with Crippen LogP contribution in [0.4, 0.5) is 4.79 Å². The molecule has 16 nitrogen and oxygen atoms in total. The number of carboxylic acid groups (broad SMARTS) is 1. The van der Waals surface area contributed by atoms with Gasteiger partial charge in [-0.25, -0.2) is 9.59 Å². The Morgan fingerprint density at radius 1 is 1.13 bits per heavy atom. The number of aryl methyl sites for hydroxylation is 1. The maximum atomic E-state index is 13.8. The monoisotopic (exact) mass is 676 g/mol. The van der Waals surface area contributed by atoms with Gasteiger partial charge in [0.1, 0.15) is 22.1 Å². The van der Waals surface area contributed by atoms with Gasteiger partial charge in [0.25, 0.3) is 5.91 Å². The Bertz CT molecular complexity index is 1590. The van der Waals surface area contributed by atoms with Crippen molar-refractivity contribution in [3.63, 3.8) is 0 Å². The van der Waals surface area contributed by atoms with Gasteiger partial charge in [0.2, 0.25) is 11.6 Å². The molecule has 2 fully saturated rings. The summed E-state index contributed by atoms with van der Waals surface area (Å²) in [6, 6.07) is 5.48. The highest BCUT2D eigenvalue weighted by Gasteiger charge is 2.66. The number of imide groups is 1. The topological polar surface area (TPSA) is 214 Å². The molecule has 6 amide bonds. The van der Waals surface area contributed by atoms with E-state index in [2.05, 4.69) is 20.8 Å². The van der Waals surface area contributed by atoms with Crippen LogP contribution in [-0.2, 0) is 24.0 Å². The highest BCUT2D eigenvalue weighted by Crippen LogP contribution is 2.46. The number of aliphatic carboxylic acids is 1. The quantitative estimate of drug-likeness (QED) is 0.0745. The third-order valence-electron chi connectivity index (χ3n) is 7.33. The van der Waals surface area contributed by atoms with Crippen LogP contribution in [0.1, 0.15) is 23.5 Å². The molecule has 3 aliphatic heterocycles. The van der Waals surface area contributed by atoms with Crippen molar-refractivity contribution in [3.8, 4) is 0 Å². The summed E-state index contributed by atoms with van der Waals surface area (Å²) in [6.07, 6.45) is 0. The second-order valence-corrected chi connectivity index (χ2v) is 13.5. The predicted molar refractivity (Wildman–Crippen MR) is 161 cm³/mol. The summed E-state index contributed by atoms with van der Waals surface area (Å²) < 4.78 is 0.637. The molecule has 0 aliphatic carbocycles. The molecule has 5 rings (SSSR count). The number of carboxylic acids is 1. The van der Waals surface area contributed by atoms with Crippen LogP contribution in [0.5, 0.6) is 0 Å². The van der Waals surface area contributed by atoms with Crippen LogP contribution >= 0.6 is 34.9 Å². The Morgan fingerprint density at radius 3 is 2.49 bits per heavy atom. The lowest BCUT2D eigenvalue weighted by molar-refractivity contribution is -0.171. The molecular weight excluding hydrogens is 649 g/mol. The molecule has 0 radical (unpaired) electrons.